The van der Waals surface area contributed by atoms with Crippen molar-refractivity contribution in [3.63, 3.8) is 0 Å². The number of nitrogens with zero attached hydrogens (tertiary/aromatic N) is 2. The van der Waals surface area contributed by atoms with E-state index in [9.17, 15) is 14.4 Å². The third kappa shape index (κ3) is 5.10. The SMILES string of the molecule is N[C@@H](CNC(=O)N1CCN(CC(=O)O)CC1)C(=O)O. The van der Waals surface area contributed by atoms with Crippen LogP contribution in [0.5, 0.6) is 0 Å². The molecule has 0 aromatic carbocycles. The molecule has 2 amide bonds. The van der Waals surface area contributed by atoms with E-state index in [-0.39, 0.29) is 19.1 Å². The normalized spacial score (nSPS) is 17.8. The van der Waals surface area contributed by atoms with Gasteiger partial charge in [0.25, 0.3) is 0 Å². The highest BCUT2D eigenvalue weighted by Gasteiger charge is 2.23. The molecule has 1 heterocycles. The lowest BCUT2D eigenvalue weighted by atomic mass is 10.3. The third-order valence-electron chi connectivity index (χ3n) is 2.81. The van der Waals surface area contributed by atoms with E-state index in [1.165, 1.54) is 4.90 Å². The first kappa shape index (κ1) is 15.2. The molecule has 9 heteroatoms. The van der Waals surface area contributed by atoms with Crippen LogP contribution in [-0.4, -0.2) is 83.3 Å². The van der Waals surface area contributed by atoms with Crippen molar-refractivity contribution in [1.29, 1.82) is 0 Å². The first-order valence-electron chi connectivity index (χ1n) is 5.85. The Kier molecular flexibility index (Phi) is 5.52. The molecule has 19 heavy (non-hydrogen) atoms. The lowest BCUT2D eigenvalue weighted by molar-refractivity contribution is -0.139. The van der Waals surface area contributed by atoms with Crippen molar-refractivity contribution >= 4 is 18.0 Å². The second-order valence-corrected chi connectivity index (χ2v) is 4.29. The summed E-state index contributed by atoms with van der Waals surface area (Å²) in [7, 11) is 0. The molecular formula is C10H18N4O5. The number of amides is 2. The van der Waals surface area contributed by atoms with E-state index >= 15 is 0 Å². The fraction of sp³-hybridized carbons (Fsp3) is 0.700. The van der Waals surface area contributed by atoms with E-state index in [1.54, 1.807) is 4.90 Å². The number of carboxylic acids is 2. The number of carboxylic acid groups (broad SMARTS) is 2. The van der Waals surface area contributed by atoms with Crippen LogP contribution in [0, 0.1) is 0 Å². The number of urea groups is 1. The molecule has 0 unspecified atom stereocenters. The molecule has 0 aliphatic carbocycles. The van der Waals surface area contributed by atoms with Gasteiger partial charge in [-0.15, -0.1) is 0 Å². The average molecular weight is 274 g/mol. The van der Waals surface area contributed by atoms with Gasteiger partial charge in [0.2, 0.25) is 0 Å². The van der Waals surface area contributed by atoms with Crippen molar-refractivity contribution in [3.05, 3.63) is 0 Å². The van der Waals surface area contributed by atoms with Crippen LogP contribution in [0.2, 0.25) is 0 Å². The summed E-state index contributed by atoms with van der Waals surface area (Å²) >= 11 is 0. The van der Waals surface area contributed by atoms with Crippen molar-refractivity contribution in [2.24, 2.45) is 5.73 Å². The van der Waals surface area contributed by atoms with E-state index in [4.69, 9.17) is 15.9 Å². The van der Waals surface area contributed by atoms with Gasteiger partial charge in [-0.25, -0.2) is 4.79 Å². The van der Waals surface area contributed by atoms with Crippen LogP contribution in [0.1, 0.15) is 0 Å². The number of nitrogens with one attached hydrogen (secondary N) is 1. The zero-order valence-electron chi connectivity index (χ0n) is 10.4. The number of hydrogen-bond acceptors (Lipinski definition) is 5. The van der Waals surface area contributed by atoms with Crippen LogP contribution >= 0.6 is 0 Å². The molecule has 0 aromatic rings. The molecule has 0 saturated carbocycles. The van der Waals surface area contributed by atoms with Crippen LogP contribution in [0.15, 0.2) is 0 Å². The van der Waals surface area contributed by atoms with Crippen LogP contribution in [0.3, 0.4) is 0 Å². The van der Waals surface area contributed by atoms with Gasteiger partial charge < -0.3 is 26.2 Å². The van der Waals surface area contributed by atoms with Crippen molar-refractivity contribution in [2.45, 2.75) is 6.04 Å². The molecule has 108 valence electrons. The van der Waals surface area contributed by atoms with Crippen molar-refractivity contribution < 1.29 is 24.6 Å². The molecule has 9 nitrogen and oxygen atoms in total. The van der Waals surface area contributed by atoms with Crippen LogP contribution in [0.25, 0.3) is 0 Å². The number of carbonyl (C=O) groups is 3. The molecular weight excluding hydrogens is 256 g/mol. The minimum atomic E-state index is -1.17. The standard InChI is InChI=1S/C10H18N4O5/c11-7(9(17)18)5-12-10(19)14-3-1-13(2-4-14)6-8(15)16/h7H,1-6,11H2,(H,12,19)(H,15,16)(H,17,18)/t7-/m0/s1. The zero-order chi connectivity index (χ0) is 14.4. The number of nitrogens with two attached hydrogens (primary N) is 1. The maximum atomic E-state index is 11.7. The molecule has 0 bridgehead atoms. The van der Waals surface area contributed by atoms with E-state index in [1.807, 2.05) is 0 Å². The van der Waals surface area contributed by atoms with Crippen LogP contribution in [0.4, 0.5) is 4.79 Å². The summed E-state index contributed by atoms with van der Waals surface area (Å²) in [6, 6.07) is -1.51. The first-order valence-corrected chi connectivity index (χ1v) is 5.85. The smallest absolute Gasteiger partial charge is 0.322 e. The highest BCUT2D eigenvalue weighted by Crippen LogP contribution is 2.01. The van der Waals surface area contributed by atoms with E-state index in [0.29, 0.717) is 26.2 Å². The maximum Gasteiger partial charge on any atom is 0.322 e. The van der Waals surface area contributed by atoms with Gasteiger partial charge >= 0.3 is 18.0 Å². The Morgan fingerprint density at radius 2 is 1.74 bits per heavy atom. The summed E-state index contributed by atoms with van der Waals surface area (Å²) in [5.74, 6) is -2.07. The second-order valence-electron chi connectivity index (χ2n) is 4.29. The summed E-state index contributed by atoms with van der Waals surface area (Å²) in [6.45, 7) is 1.58. The fourth-order valence-electron chi connectivity index (χ4n) is 1.70. The number of carbonyl (C=O) groups excluding carboxylic acids is 1. The number of hydrogen-bond donors (Lipinski definition) is 4. The molecule has 5 N–H and O–H groups in total. The van der Waals surface area contributed by atoms with Gasteiger partial charge in [0.15, 0.2) is 0 Å². The zero-order valence-corrected chi connectivity index (χ0v) is 10.4. The number of piperazine rings is 1. The molecule has 1 aliphatic rings. The quantitative estimate of drug-likeness (QED) is 0.447. The van der Waals surface area contributed by atoms with Crippen molar-refractivity contribution in [2.75, 3.05) is 39.3 Å². The van der Waals surface area contributed by atoms with Crippen molar-refractivity contribution in [3.8, 4) is 0 Å². The monoisotopic (exact) mass is 274 g/mol. The summed E-state index contributed by atoms with van der Waals surface area (Å²) in [6.07, 6.45) is 0. The number of aliphatic carboxylic acids is 2. The van der Waals surface area contributed by atoms with Gasteiger partial charge in [-0.05, 0) is 0 Å². The largest absolute Gasteiger partial charge is 0.480 e. The Hall–Kier alpha value is -1.87. The van der Waals surface area contributed by atoms with Gasteiger partial charge in [0.05, 0.1) is 6.54 Å². The predicted molar refractivity (Wildman–Crippen MR) is 64.7 cm³/mol. The Labute approximate surface area is 110 Å². The van der Waals surface area contributed by atoms with Gasteiger partial charge in [-0.3, -0.25) is 14.5 Å². The Morgan fingerprint density at radius 1 is 1.16 bits per heavy atom. The molecule has 1 rings (SSSR count). The van der Waals surface area contributed by atoms with E-state index < -0.39 is 18.0 Å². The molecule has 1 aliphatic heterocycles. The van der Waals surface area contributed by atoms with E-state index in [2.05, 4.69) is 5.32 Å². The van der Waals surface area contributed by atoms with E-state index in [0.717, 1.165) is 0 Å². The summed E-state index contributed by atoms with van der Waals surface area (Å²) in [4.78, 5) is 35.9. The highest BCUT2D eigenvalue weighted by molar-refractivity contribution is 5.77. The molecule has 1 saturated heterocycles. The number of rotatable bonds is 5. The van der Waals surface area contributed by atoms with Crippen LogP contribution in [-0.2, 0) is 9.59 Å². The lowest BCUT2D eigenvalue weighted by Crippen LogP contribution is -2.54. The topological polar surface area (TPSA) is 136 Å². The van der Waals surface area contributed by atoms with Gasteiger partial charge in [-0.1, -0.05) is 0 Å². The lowest BCUT2D eigenvalue weighted by Gasteiger charge is -2.33. The van der Waals surface area contributed by atoms with Gasteiger partial charge in [0, 0.05) is 32.7 Å². The Bertz CT molecular complexity index is 354. The Morgan fingerprint density at radius 3 is 2.21 bits per heavy atom. The van der Waals surface area contributed by atoms with Gasteiger partial charge in [0.1, 0.15) is 6.04 Å². The minimum Gasteiger partial charge on any atom is -0.480 e. The molecule has 1 atom stereocenters. The molecule has 0 spiro atoms. The summed E-state index contributed by atoms with van der Waals surface area (Å²) in [5, 5.41) is 19.6. The minimum absolute atomic E-state index is 0.0423. The summed E-state index contributed by atoms with van der Waals surface area (Å²) < 4.78 is 0. The molecule has 1 fully saturated rings. The van der Waals surface area contributed by atoms with Crippen molar-refractivity contribution in [1.82, 2.24) is 15.1 Å². The van der Waals surface area contributed by atoms with Crippen LogP contribution < -0.4 is 11.1 Å². The maximum absolute atomic E-state index is 11.7. The predicted octanol–water partition coefficient (Wildman–Crippen LogP) is -2.19. The van der Waals surface area contributed by atoms with Gasteiger partial charge in [-0.2, -0.15) is 0 Å². The fourth-order valence-corrected chi connectivity index (χ4v) is 1.70. The first-order chi connectivity index (χ1) is 8.90. The highest BCUT2D eigenvalue weighted by atomic mass is 16.4. The summed E-state index contributed by atoms with van der Waals surface area (Å²) in [5.41, 5.74) is 5.26. The second kappa shape index (κ2) is 6.90. The third-order valence-corrected chi connectivity index (χ3v) is 2.81. The average Bonchev–Trinajstić information content (AvgIpc) is 2.35. The Balaban J connectivity index is 2.29. The molecule has 0 aromatic heterocycles. The molecule has 0 radical (unpaired) electrons.